The molecule has 2 aliphatic rings. The van der Waals surface area contributed by atoms with Gasteiger partial charge in [-0.25, -0.2) is 0 Å². The molecule has 2 amide bonds. The highest BCUT2D eigenvalue weighted by molar-refractivity contribution is 8.26. The van der Waals surface area contributed by atoms with Crippen molar-refractivity contribution in [1.82, 2.24) is 4.90 Å². The van der Waals surface area contributed by atoms with Crippen molar-refractivity contribution in [3.05, 3.63) is 58.0 Å². The van der Waals surface area contributed by atoms with Crippen LogP contribution in [-0.2, 0) is 14.3 Å². The molecule has 2 saturated heterocycles. The molecule has 0 unspecified atom stereocenters. The SMILES string of the molecule is COc1cc(/C=C2\SC(=S)N(C[C@H]3CCCO3)C2=O)ccc1OCC(=O)Nc1c(C)cccc1C. The lowest BCUT2D eigenvalue weighted by Crippen LogP contribution is -2.35. The van der Waals surface area contributed by atoms with Crippen molar-refractivity contribution in [2.75, 3.05) is 32.2 Å². The molecule has 0 aromatic heterocycles. The Morgan fingerprint density at radius 1 is 1.26 bits per heavy atom. The number of aryl methyl sites for hydroxylation is 2. The third kappa shape index (κ3) is 6.04. The van der Waals surface area contributed by atoms with Crippen molar-refractivity contribution in [2.24, 2.45) is 0 Å². The molecule has 0 saturated carbocycles. The van der Waals surface area contributed by atoms with E-state index in [4.69, 9.17) is 26.4 Å². The summed E-state index contributed by atoms with van der Waals surface area (Å²) in [6, 6.07) is 11.2. The Kier molecular flexibility index (Phi) is 8.10. The Morgan fingerprint density at radius 3 is 2.71 bits per heavy atom. The molecule has 0 bridgehead atoms. The normalized spacial score (nSPS) is 18.9. The van der Waals surface area contributed by atoms with E-state index >= 15 is 0 Å². The molecule has 1 N–H and O–H groups in total. The average Bonchev–Trinajstić information content (AvgIpc) is 3.44. The second-order valence-corrected chi connectivity index (χ2v) is 10.1. The Bertz CT molecular complexity index is 1150. The van der Waals surface area contributed by atoms with Crippen molar-refractivity contribution in [1.29, 1.82) is 0 Å². The maximum absolute atomic E-state index is 12.9. The first-order valence-corrected chi connectivity index (χ1v) is 12.6. The number of anilines is 1. The molecule has 35 heavy (non-hydrogen) atoms. The lowest BCUT2D eigenvalue weighted by Gasteiger charge is -2.18. The summed E-state index contributed by atoms with van der Waals surface area (Å²) in [5.74, 6) is 0.530. The van der Waals surface area contributed by atoms with Crippen LogP contribution in [0.2, 0.25) is 0 Å². The molecular weight excluding hydrogens is 484 g/mol. The molecule has 7 nitrogen and oxygen atoms in total. The zero-order valence-electron chi connectivity index (χ0n) is 20.0. The maximum atomic E-state index is 12.9. The summed E-state index contributed by atoms with van der Waals surface area (Å²) < 4.78 is 17.4. The largest absolute Gasteiger partial charge is 0.493 e. The van der Waals surface area contributed by atoms with Crippen molar-refractivity contribution >= 4 is 51.9 Å². The van der Waals surface area contributed by atoms with Gasteiger partial charge in [0.2, 0.25) is 0 Å². The van der Waals surface area contributed by atoms with E-state index in [9.17, 15) is 9.59 Å². The van der Waals surface area contributed by atoms with Crippen LogP contribution in [0.1, 0.15) is 29.5 Å². The third-order valence-corrected chi connectivity index (χ3v) is 7.25. The first kappa shape index (κ1) is 25.2. The van der Waals surface area contributed by atoms with E-state index in [0.717, 1.165) is 41.8 Å². The molecule has 4 rings (SSSR count). The lowest BCUT2D eigenvalue weighted by molar-refractivity contribution is -0.123. The Balaban J connectivity index is 1.41. The number of hydrogen-bond acceptors (Lipinski definition) is 7. The highest BCUT2D eigenvalue weighted by Gasteiger charge is 2.34. The molecule has 0 aliphatic carbocycles. The minimum atomic E-state index is -0.261. The number of nitrogens with zero attached hydrogens (tertiary/aromatic N) is 1. The van der Waals surface area contributed by atoms with E-state index in [0.29, 0.717) is 27.3 Å². The van der Waals surface area contributed by atoms with Gasteiger partial charge in [-0.2, -0.15) is 0 Å². The summed E-state index contributed by atoms with van der Waals surface area (Å²) >= 11 is 6.71. The van der Waals surface area contributed by atoms with E-state index in [1.807, 2.05) is 38.1 Å². The van der Waals surface area contributed by atoms with Gasteiger partial charge < -0.3 is 19.5 Å². The fourth-order valence-corrected chi connectivity index (χ4v) is 5.30. The van der Waals surface area contributed by atoms with Crippen LogP contribution in [-0.4, -0.2) is 54.0 Å². The zero-order valence-corrected chi connectivity index (χ0v) is 21.6. The van der Waals surface area contributed by atoms with Gasteiger partial charge in [-0.1, -0.05) is 48.2 Å². The molecule has 184 valence electrons. The Hall–Kier alpha value is -2.88. The number of carbonyl (C=O) groups excluding carboxylic acids is 2. The van der Waals surface area contributed by atoms with E-state index in [2.05, 4.69) is 5.32 Å². The molecule has 0 spiro atoms. The van der Waals surface area contributed by atoms with E-state index in [1.54, 1.807) is 23.1 Å². The maximum Gasteiger partial charge on any atom is 0.266 e. The number of rotatable bonds is 8. The van der Waals surface area contributed by atoms with Gasteiger partial charge in [0.05, 0.1) is 24.7 Å². The topological polar surface area (TPSA) is 77.1 Å². The quantitative estimate of drug-likeness (QED) is 0.405. The van der Waals surface area contributed by atoms with Crippen LogP contribution < -0.4 is 14.8 Å². The Labute approximate surface area is 214 Å². The number of benzene rings is 2. The summed E-state index contributed by atoms with van der Waals surface area (Å²) in [5.41, 5.74) is 3.54. The highest BCUT2D eigenvalue weighted by atomic mass is 32.2. The van der Waals surface area contributed by atoms with Gasteiger partial charge >= 0.3 is 0 Å². The predicted molar refractivity (Wildman–Crippen MR) is 142 cm³/mol. The van der Waals surface area contributed by atoms with Gasteiger partial charge in [0.15, 0.2) is 18.1 Å². The minimum absolute atomic E-state index is 0.0419. The van der Waals surface area contributed by atoms with Gasteiger partial charge in [-0.15, -0.1) is 0 Å². The van der Waals surface area contributed by atoms with E-state index in [-0.39, 0.29) is 24.5 Å². The number of ether oxygens (including phenoxy) is 3. The van der Waals surface area contributed by atoms with E-state index in [1.165, 1.54) is 18.9 Å². The van der Waals surface area contributed by atoms with Gasteiger partial charge in [0.1, 0.15) is 4.32 Å². The molecule has 9 heteroatoms. The molecule has 2 heterocycles. The predicted octanol–water partition coefficient (Wildman–Crippen LogP) is 4.71. The minimum Gasteiger partial charge on any atom is -0.493 e. The second kappa shape index (κ2) is 11.2. The number of amides is 2. The summed E-state index contributed by atoms with van der Waals surface area (Å²) in [6.07, 6.45) is 3.78. The molecule has 2 aliphatic heterocycles. The number of thioether (sulfide) groups is 1. The van der Waals surface area contributed by atoms with Crippen LogP contribution in [0.15, 0.2) is 41.3 Å². The van der Waals surface area contributed by atoms with Gasteiger partial charge in [-0.3, -0.25) is 14.5 Å². The van der Waals surface area contributed by atoms with Crippen LogP contribution in [0.25, 0.3) is 6.08 Å². The molecule has 2 fully saturated rings. The molecule has 1 atom stereocenters. The Morgan fingerprint density at radius 2 is 2.03 bits per heavy atom. The van der Waals surface area contributed by atoms with Crippen LogP contribution in [0, 0.1) is 13.8 Å². The number of carbonyl (C=O) groups is 2. The lowest BCUT2D eigenvalue weighted by atomic mass is 10.1. The fourth-order valence-electron chi connectivity index (χ4n) is 4.02. The zero-order chi connectivity index (χ0) is 24.9. The first-order valence-electron chi connectivity index (χ1n) is 11.4. The third-order valence-electron chi connectivity index (χ3n) is 5.87. The fraction of sp³-hybridized carbons (Fsp3) is 0.346. The van der Waals surface area contributed by atoms with Crippen molar-refractivity contribution in [2.45, 2.75) is 32.8 Å². The molecule has 2 aromatic carbocycles. The van der Waals surface area contributed by atoms with Crippen LogP contribution >= 0.6 is 24.0 Å². The average molecular weight is 513 g/mol. The smallest absolute Gasteiger partial charge is 0.266 e. The van der Waals surface area contributed by atoms with Crippen LogP contribution in [0.5, 0.6) is 11.5 Å². The monoisotopic (exact) mass is 512 g/mol. The van der Waals surface area contributed by atoms with Gasteiger partial charge in [-0.05, 0) is 61.6 Å². The second-order valence-electron chi connectivity index (χ2n) is 8.44. The molecule has 2 aromatic rings. The van der Waals surface area contributed by atoms with Crippen LogP contribution in [0.4, 0.5) is 5.69 Å². The number of para-hydroxylation sites is 1. The number of methoxy groups -OCH3 is 1. The highest BCUT2D eigenvalue weighted by Crippen LogP contribution is 2.35. The van der Waals surface area contributed by atoms with Gasteiger partial charge in [0, 0.05) is 12.3 Å². The summed E-state index contributed by atoms with van der Waals surface area (Å²) in [4.78, 5) is 27.5. The summed E-state index contributed by atoms with van der Waals surface area (Å²) in [7, 11) is 1.53. The number of hydrogen-bond donors (Lipinski definition) is 1. The summed E-state index contributed by atoms with van der Waals surface area (Å²) in [5, 5.41) is 2.90. The van der Waals surface area contributed by atoms with Crippen LogP contribution in [0.3, 0.4) is 0 Å². The number of thiocarbonyl (C=S) groups is 1. The molecular formula is C26H28N2O5S2. The van der Waals surface area contributed by atoms with Crippen molar-refractivity contribution in [3.8, 4) is 11.5 Å². The summed E-state index contributed by atoms with van der Waals surface area (Å²) in [6.45, 7) is 4.95. The standard InChI is InChI=1S/C26H28N2O5S2/c1-16-6-4-7-17(2)24(16)27-23(29)15-33-20-10-9-18(12-21(20)31-3)13-22-25(30)28(26(34)35-22)14-19-8-5-11-32-19/h4,6-7,9-10,12-13,19H,5,8,11,14-15H2,1-3H3,(H,27,29)/b22-13-/t19-/m1/s1. The van der Waals surface area contributed by atoms with Gasteiger partial charge in [0.25, 0.3) is 11.8 Å². The first-order chi connectivity index (χ1) is 16.9. The van der Waals surface area contributed by atoms with Crippen molar-refractivity contribution in [3.63, 3.8) is 0 Å². The number of nitrogens with one attached hydrogen (secondary N) is 1. The van der Waals surface area contributed by atoms with Crippen molar-refractivity contribution < 1.29 is 23.8 Å². The molecule has 0 radical (unpaired) electrons. The van der Waals surface area contributed by atoms with E-state index < -0.39 is 0 Å².